The maximum Gasteiger partial charge on any atom is 0.474 e. The van der Waals surface area contributed by atoms with Crippen LogP contribution in [0.3, 0.4) is 0 Å². The molecule has 2 amide bonds. The summed E-state index contributed by atoms with van der Waals surface area (Å²) in [5.41, 5.74) is -1.74. The van der Waals surface area contributed by atoms with E-state index in [1.165, 1.54) is 11.8 Å². The zero-order valence-electron chi connectivity index (χ0n) is 21.7. The van der Waals surface area contributed by atoms with Crippen molar-refractivity contribution in [2.45, 2.75) is 78.4 Å². The summed E-state index contributed by atoms with van der Waals surface area (Å²) in [5, 5.41) is 4.87. The monoisotopic (exact) mass is 578 g/mol. The Balaban J connectivity index is 3.84. The largest absolute Gasteiger partial charge is 0.474 e. The highest BCUT2D eigenvalue weighted by atomic mass is 32.2. The normalized spacial score (nSPS) is 15.6. The van der Waals surface area contributed by atoms with Gasteiger partial charge in [0.25, 0.3) is 0 Å². The lowest BCUT2D eigenvalue weighted by molar-refractivity contribution is -0.123. The van der Waals surface area contributed by atoms with E-state index in [1.54, 1.807) is 41.5 Å². The topological polar surface area (TPSA) is 187 Å². The number of Topliss-reactive ketones (excluding diaryl/α,β-unsaturated/α-hetero) is 1. The van der Waals surface area contributed by atoms with Gasteiger partial charge in [-0.3, -0.25) is 32.5 Å². The summed E-state index contributed by atoms with van der Waals surface area (Å²) >= 11 is 1.28. The third kappa shape index (κ3) is 22.4. The summed E-state index contributed by atoms with van der Waals surface area (Å²) in [6.45, 7) is 8.94. The van der Waals surface area contributed by atoms with Crippen molar-refractivity contribution in [1.29, 1.82) is 0 Å². The number of thioether (sulfide) groups is 1. The van der Waals surface area contributed by atoms with E-state index in [0.717, 1.165) is 0 Å². The smallest absolute Gasteiger partial charge is 0.354 e. The Labute approximate surface area is 217 Å². The van der Waals surface area contributed by atoms with Crippen LogP contribution < -0.4 is 10.6 Å². The van der Waals surface area contributed by atoms with Crippen LogP contribution >= 0.6 is 27.4 Å². The van der Waals surface area contributed by atoms with E-state index in [0.29, 0.717) is 12.2 Å². The molecule has 0 aromatic rings. The molecule has 0 aliphatic rings. The number of hydrogen-bond acceptors (Lipinski definition) is 10. The molecule has 0 rings (SSSR count). The predicted molar refractivity (Wildman–Crippen MR) is 135 cm³/mol. The number of phosphoric ester groups is 2. The number of carbonyl (C=O) groups is 3. The summed E-state index contributed by atoms with van der Waals surface area (Å²) in [6.07, 6.45) is 0.674. The fraction of sp³-hybridized carbons (Fsp3) is 0.850. The van der Waals surface area contributed by atoms with E-state index in [9.17, 15) is 33.3 Å². The first-order valence-corrected chi connectivity index (χ1v) is 15.4. The number of nitrogens with one attached hydrogen (secondary N) is 2. The van der Waals surface area contributed by atoms with Gasteiger partial charge in [-0.2, -0.15) is 11.8 Å². The quantitative estimate of drug-likeness (QED) is 0.106. The minimum absolute atomic E-state index is 0.0348. The fourth-order valence-electron chi connectivity index (χ4n) is 2.34. The highest BCUT2D eigenvalue weighted by molar-refractivity contribution is 7.99. The molecule has 0 spiro atoms. The van der Waals surface area contributed by atoms with Crippen molar-refractivity contribution in [2.75, 3.05) is 31.4 Å². The third-order valence-corrected chi connectivity index (χ3v) is 7.09. The van der Waals surface area contributed by atoms with Gasteiger partial charge in [0.1, 0.15) is 12.5 Å². The van der Waals surface area contributed by atoms with E-state index in [1.807, 2.05) is 0 Å². The summed E-state index contributed by atoms with van der Waals surface area (Å²) in [5.74, 6) is -0.207. The first-order valence-electron chi connectivity index (χ1n) is 11.3. The summed E-state index contributed by atoms with van der Waals surface area (Å²) in [4.78, 5) is 54.5. The molecular weight excluding hydrogens is 538 g/mol. The van der Waals surface area contributed by atoms with Gasteiger partial charge in [-0.15, -0.1) is 0 Å². The van der Waals surface area contributed by atoms with Crippen LogP contribution in [-0.4, -0.2) is 70.0 Å². The van der Waals surface area contributed by atoms with Crippen molar-refractivity contribution in [1.82, 2.24) is 10.6 Å². The van der Waals surface area contributed by atoms with Crippen LogP contribution in [-0.2, 0) is 41.6 Å². The van der Waals surface area contributed by atoms with Crippen molar-refractivity contribution in [3.63, 3.8) is 0 Å². The molecule has 0 bridgehead atoms. The molecule has 0 aliphatic carbocycles. The first kappa shape index (κ1) is 35.2. The molecule has 0 saturated carbocycles. The highest BCUT2D eigenvalue weighted by Gasteiger charge is 2.29. The van der Waals surface area contributed by atoms with Crippen LogP contribution in [0.15, 0.2) is 0 Å². The SMILES string of the molecule is CC(C)(C)OP(=O)(O)OCCNC(=O)CCSCC(=O)CCCC(=O)NCOP(=O)(O)OC(C)(C)C. The molecule has 2 atom stereocenters. The Morgan fingerprint density at radius 1 is 0.806 bits per heavy atom. The average Bonchev–Trinajstić information content (AvgIpc) is 2.64. The molecule has 36 heavy (non-hydrogen) atoms. The molecule has 0 heterocycles. The van der Waals surface area contributed by atoms with Crippen LogP contribution in [0.1, 0.15) is 67.2 Å². The Morgan fingerprint density at radius 3 is 1.89 bits per heavy atom. The number of rotatable bonds is 18. The molecule has 0 aliphatic heterocycles. The molecule has 212 valence electrons. The molecule has 4 N–H and O–H groups in total. The third-order valence-electron chi connectivity index (χ3n) is 3.55. The van der Waals surface area contributed by atoms with Gasteiger partial charge in [0.2, 0.25) is 11.8 Å². The Hall–Kier alpha value is -0.820. The van der Waals surface area contributed by atoms with E-state index >= 15 is 0 Å². The summed E-state index contributed by atoms with van der Waals surface area (Å²) in [6, 6.07) is 0. The first-order chi connectivity index (χ1) is 16.3. The molecule has 0 fully saturated rings. The van der Waals surface area contributed by atoms with Crippen LogP contribution in [0.5, 0.6) is 0 Å². The Kier molecular flexibility index (Phi) is 15.8. The van der Waals surface area contributed by atoms with Crippen molar-refractivity contribution >= 4 is 45.0 Å². The van der Waals surface area contributed by atoms with Crippen molar-refractivity contribution in [3.8, 4) is 0 Å². The summed E-state index contributed by atoms with van der Waals surface area (Å²) in [7, 11) is -8.49. The van der Waals surface area contributed by atoms with E-state index < -0.39 is 39.5 Å². The van der Waals surface area contributed by atoms with Gasteiger partial charge < -0.3 is 20.4 Å². The second-order valence-electron chi connectivity index (χ2n) is 9.60. The van der Waals surface area contributed by atoms with Crippen LogP contribution in [0.25, 0.3) is 0 Å². The lowest BCUT2D eigenvalue weighted by atomic mass is 10.2. The van der Waals surface area contributed by atoms with Crippen LogP contribution in [0.2, 0.25) is 0 Å². The van der Waals surface area contributed by atoms with Gasteiger partial charge in [0.05, 0.1) is 23.6 Å². The molecule has 0 aromatic carbocycles. The minimum atomic E-state index is -4.29. The molecule has 0 saturated heterocycles. The number of carbonyl (C=O) groups excluding carboxylic acids is 3. The lowest BCUT2D eigenvalue weighted by Gasteiger charge is -2.22. The second-order valence-corrected chi connectivity index (χ2v) is 13.5. The van der Waals surface area contributed by atoms with Gasteiger partial charge >= 0.3 is 15.6 Å². The van der Waals surface area contributed by atoms with Gasteiger partial charge in [-0.25, -0.2) is 9.13 Å². The van der Waals surface area contributed by atoms with E-state index in [4.69, 9.17) is 13.6 Å². The van der Waals surface area contributed by atoms with Crippen LogP contribution in [0, 0.1) is 0 Å². The van der Waals surface area contributed by atoms with Gasteiger partial charge in [0.15, 0.2) is 0 Å². The minimum Gasteiger partial charge on any atom is -0.354 e. The lowest BCUT2D eigenvalue weighted by Crippen LogP contribution is -2.27. The van der Waals surface area contributed by atoms with Crippen molar-refractivity contribution < 1.29 is 51.4 Å². The zero-order valence-corrected chi connectivity index (χ0v) is 24.3. The highest BCUT2D eigenvalue weighted by Crippen LogP contribution is 2.47. The number of ketones is 1. The van der Waals surface area contributed by atoms with E-state index in [2.05, 4.69) is 15.2 Å². The standard InChI is InChI=1S/C20H40N2O11P2S/c1-19(2,3)32-34(26,27)30-12-11-21-18(25)10-13-36-14-16(23)8-7-9-17(24)22-15-31-35(28,29)33-20(4,5)6/h7-15H2,1-6H3,(H,21,25)(H,22,24)(H,26,27)(H,28,29). The maximum absolute atomic E-state index is 11.9. The zero-order chi connectivity index (χ0) is 28.0. The molecule has 0 aromatic heterocycles. The van der Waals surface area contributed by atoms with Crippen LogP contribution in [0.4, 0.5) is 0 Å². The number of phosphoric acid groups is 2. The number of amides is 2. The summed E-state index contributed by atoms with van der Waals surface area (Å²) < 4.78 is 42.6. The number of hydrogen-bond donors (Lipinski definition) is 4. The molecular formula is C20H40N2O11P2S. The molecule has 16 heteroatoms. The Morgan fingerprint density at radius 2 is 1.33 bits per heavy atom. The average molecular weight is 579 g/mol. The molecule has 2 unspecified atom stereocenters. The van der Waals surface area contributed by atoms with Gasteiger partial charge in [0, 0.05) is 31.6 Å². The van der Waals surface area contributed by atoms with Crippen molar-refractivity contribution in [3.05, 3.63) is 0 Å². The van der Waals surface area contributed by atoms with Gasteiger partial charge in [-0.1, -0.05) is 0 Å². The Bertz CT molecular complexity index is 812. The fourth-order valence-corrected chi connectivity index (χ4v) is 5.22. The van der Waals surface area contributed by atoms with E-state index in [-0.39, 0.29) is 49.9 Å². The second kappa shape index (κ2) is 16.2. The van der Waals surface area contributed by atoms with Gasteiger partial charge in [-0.05, 0) is 48.0 Å². The molecule has 13 nitrogen and oxygen atoms in total. The van der Waals surface area contributed by atoms with Crippen molar-refractivity contribution in [2.24, 2.45) is 0 Å². The molecule has 0 radical (unpaired) electrons. The predicted octanol–water partition coefficient (Wildman–Crippen LogP) is 2.90. The maximum atomic E-state index is 11.9.